The molecule has 0 saturated heterocycles. The van der Waals surface area contributed by atoms with Crippen LogP contribution in [0.25, 0.3) is 22.4 Å². The van der Waals surface area contributed by atoms with Crippen molar-refractivity contribution in [2.24, 2.45) is 5.92 Å². The van der Waals surface area contributed by atoms with E-state index >= 15 is 0 Å². The summed E-state index contributed by atoms with van der Waals surface area (Å²) in [6, 6.07) is 16.6. The minimum absolute atomic E-state index is 0.0377. The third kappa shape index (κ3) is 7.57. The van der Waals surface area contributed by atoms with E-state index in [0.29, 0.717) is 28.7 Å². The Labute approximate surface area is 241 Å². The number of ether oxygens (including phenoxy) is 3. The van der Waals surface area contributed by atoms with Crippen LogP contribution in [0.5, 0.6) is 11.5 Å². The summed E-state index contributed by atoms with van der Waals surface area (Å²) >= 11 is 0. The molecule has 0 amide bonds. The molecule has 1 fully saturated rings. The number of hydrogen-bond acceptors (Lipinski definition) is 7. The number of rotatable bonds is 11. The number of esters is 2. The van der Waals surface area contributed by atoms with Crippen LogP contribution in [0.3, 0.4) is 0 Å². The second-order valence-corrected chi connectivity index (χ2v) is 10.4. The highest BCUT2D eigenvalue weighted by Gasteiger charge is 2.22. The van der Waals surface area contributed by atoms with E-state index in [-0.39, 0.29) is 17.8 Å². The average Bonchev–Trinajstić information content (AvgIpc) is 3.01. The van der Waals surface area contributed by atoms with Crippen molar-refractivity contribution in [2.45, 2.75) is 44.9 Å². The molecule has 214 valence electrons. The van der Waals surface area contributed by atoms with E-state index < -0.39 is 18.5 Å². The van der Waals surface area contributed by atoms with Crippen LogP contribution in [-0.4, -0.2) is 42.4 Å². The Kier molecular flexibility index (Phi) is 10.2. The van der Waals surface area contributed by atoms with Gasteiger partial charge in [-0.25, -0.2) is 9.59 Å². The van der Waals surface area contributed by atoms with Crippen LogP contribution in [0.2, 0.25) is 0 Å². The minimum Gasteiger partial charge on any atom is -0.423 e. The first kappa shape index (κ1) is 29.9. The van der Waals surface area contributed by atoms with Gasteiger partial charge >= 0.3 is 11.9 Å². The Hall–Kier alpha value is -4.07. The Morgan fingerprint density at radius 2 is 1.59 bits per heavy atom. The van der Waals surface area contributed by atoms with E-state index in [1.54, 1.807) is 18.2 Å². The molecular formula is C34H37NO6. The number of benzene rings is 2. The maximum atomic E-state index is 12.5. The molecule has 7 nitrogen and oxygen atoms in total. The van der Waals surface area contributed by atoms with Crippen molar-refractivity contribution >= 4 is 11.9 Å². The van der Waals surface area contributed by atoms with E-state index in [9.17, 15) is 14.7 Å². The molecule has 0 unspecified atom stereocenters. The highest BCUT2D eigenvalue weighted by atomic mass is 16.5. The lowest BCUT2D eigenvalue weighted by Crippen LogP contribution is -2.14. The van der Waals surface area contributed by atoms with Crippen molar-refractivity contribution in [2.75, 3.05) is 20.3 Å². The van der Waals surface area contributed by atoms with Crippen LogP contribution in [0.4, 0.5) is 0 Å². The van der Waals surface area contributed by atoms with Gasteiger partial charge in [0.05, 0.1) is 30.1 Å². The first-order valence-corrected chi connectivity index (χ1v) is 13.9. The van der Waals surface area contributed by atoms with Gasteiger partial charge in [-0.2, -0.15) is 0 Å². The third-order valence-electron chi connectivity index (χ3n) is 7.63. The number of aliphatic hydroxyl groups excluding tert-OH is 1. The number of nitrogens with zero attached hydrogens (tertiary/aromatic N) is 1. The molecule has 1 N–H and O–H groups in total. The number of methoxy groups -OCH3 is 1. The molecule has 1 aromatic heterocycles. The molecule has 41 heavy (non-hydrogen) atoms. The number of carbonyl (C=O) groups is 2. The molecule has 0 radical (unpaired) electrons. The predicted octanol–water partition coefficient (Wildman–Crippen LogP) is 6.66. The second kappa shape index (κ2) is 14.0. The maximum Gasteiger partial charge on any atom is 0.341 e. The van der Waals surface area contributed by atoms with Gasteiger partial charge in [-0.1, -0.05) is 50.8 Å². The molecule has 0 atom stereocenters. The van der Waals surface area contributed by atoms with Crippen LogP contribution >= 0.6 is 0 Å². The normalized spacial score (nSPS) is 16.6. The molecule has 1 aliphatic rings. The summed E-state index contributed by atoms with van der Waals surface area (Å²) in [6.07, 6.45) is 8.01. The lowest BCUT2D eigenvalue weighted by molar-refractivity contribution is -0.131. The first-order valence-electron chi connectivity index (χ1n) is 13.9. The van der Waals surface area contributed by atoms with Gasteiger partial charge in [0.25, 0.3) is 0 Å². The molecule has 0 aliphatic heterocycles. The van der Waals surface area contributed by atoms with E-state index in [4.69, 9.17) is 19.2 Å². The topological polar surface area (TPSA) is 95.0 Å². The number of aliphatic hydroxyl groups is 1. The monoisotopic (exact) mass is 555 g/mol. The molecule has 3 aromatic rings. The Morgan fingerprint density at radius 3 is 2.20 bits per heavy atom. The van der Waals surface area contributed by atoms with E-state index in [1.807, 2.05) is 36.5 Å². The Balaban J connectivity index is 1.60. The fraction of sp³-hybridized carbons (Fsp3) is 0.324. The quantitative estimate of drug-likeness (QED) is 0.161. The minimum atomic E-state index is -0.702. The van der Waals surface area contributed by atoms with Crippen LogP contribution in [0, 0.1) is 5.92 Å². The van der Waals surface area contributed by atoms with Gasteiger partial charge in [0.2, 0.25) is 0 Å². The highest BCUT2D eigenvalue weighted by molar-refractivity contribution is 5.91. The van der Waals surface area contributed by atoms with Crippen LogP contribution < -0.4 is 9.47 Å². The summed E-state index contributed by atoms with van der Waals surface area (Å²) in [5.74, 6) is 0.782. The third-order valence-corrected chi connectivity index (χ3v) is 7.63. The molecule has 1 heterocycles. The van der Waals surface area contributed by atoms with Gasteiger partial charge < -0.3 is 19.3 Å². The van der Waals surface area contributed by atoms with Gasteiger partial charge in [0, 0.05) is 18.9 Å². The smallest absolute Gasteiger partial charge is 0.341 e. The van der Waals surface area contributed by atoms with Gasteiger partial charge in [0.15, 0.2) is 0 Å². The standard InChI is InChI=1S/C34H37NO6/c1-5-24-6-8-26(9-7-24)28-12-16-31(35-19-28)30-18-27(13-17-32(30)41-33(37)22(2)20-36)25-10-14-29(15-11-25)40-34(38)23(3)21-39-4/h10-19,24,26,36H,2-3,5-9,20-21H2,1,4H3. The zero-order chi connectivity index (χ0) is 29.4. The molecule has 7 heteroatoms. The molecule has 1 saturated carbocycles. The number of pyridine rings is 1. The molecule has 2 aromatic carbocycles. The Morgan fingerprint density at radius 1 is 0.902 bits per heavy atom. The van der Waals surface area contributed by atoms with Gasteiger partial charge in [-0.15, -0.1) is 0 Å². The van der Waals surface area contributed by atoms with Gasteiger partial charge in [0.1, 0.15) is 11.5 Å². The summed E-state index contributed by atoms with van der Waals surface area (Å²) in [5, 5.41) is 9.33. The summed E-state index contributed by atoms with van der Waals surface area (Å²) in [6.45, 7) is 9.11. The zero-order valence-corrected chi connectivity index (χ0v) is 23.7. The fourth-order valence-electron chi connectivity index (χ4n) is 5.07. The summed E-state index contributed by atoms with van der Waals surface area (Å²) in [5.41, 5.74) is 4.43. The average molecular weight is 556 g/mol. The van der Waals surface area contributed by atoms with Crippen LogP contribution in [0.15, 0.2) is 85.1 Å². The van der Waals surface area contributed by atoms with Crippen LogP contribution in [-0.2, 0) is 14.3 Å². The Bertz CT molecular complexity index is 1390. The SMILES string of the molecule is C=C(COC)C(=O)Oc1ccc(-c2ccc(OC(=O)C(=C)CO)c(-c3ccc(C4CCC(CC)CC4)cn3)c2)cc1. The lowest BCUT2D eigenvalue weighted by Gasteiger charge is -2.28. The van der Waals surface area contributed by atoms with Crippen molar-refractivity contribution in [3.63, 3.8) is 0 Å². The molecule has 0 bridgehead atoms. The van der Waals surface area contributed by atoms with E-state index in [1.165, 1.54) is 44.8 Å². The first-order chi connectivity index (χ1) is 19.8. The van der Waals surface area contributed by atoms with Crippen LogP contribution in [0.1, 0.15) is 50.5 Å². The highest BCUT2D eigenvalue weighted by Crippen LogP contribution is 2.38. The number of carbonyl (C=O) groups excluding carboxylic acids is 2. The summed E-state index contributed by atoms with van der Waals surface area (Å²) in [7, 11) is 1.48. The second-order valence-electron chi connectivity index (χ2n) is 10.4. The summed E-state index contributed by atoms with van der Waals surface area (Å²) < 4.78 is 15.9. The van der Waals surface area contributed by atoms with Crippen molar-refractivity contribution in [3.8, 4) is 33.9 Å². The maximum absolute atomic E-state index is 12.5. The van der Waals surface area contributed by atoms with Crippen molar-refractivity contribution in [1.82, 2.24) is 4.98 Å². The largest absolute Gasteiger partial charge is 0.423 e. The predicted molar refractivity (Wildman–Crippen MR) is 159 cm³/mol. The van der Waals surface area contributed by atoms with Crippen molar-refractivity contribution in [3.05, 3.63) is 90.7 Å². The molecule has 1 aliphatic carbocycles. The van der Waals surface area contributed by atoms with Crippen molar-refractivity contribution in [1.29, 1.82) is 0 Å². The zero-order valence-electron chi connectivity index (χ0n) is 23.7. The number of aromatic nitrogens is 1. The lowest BCUT2D eigenvalue weighted by atomic mass is 9.78. The van der Waals surface area contributed by atoms with E-state index in [0.717, 1.165) is 17.0 Å². The van der Waals surface area contributed by atoms with E-state index in [2.05, 4.69) is 26.1 Å². The summed E-state index contributed by atoms with van der Waals surface area (Å²) in [4.78, 5) is 29.4. The van der Waals surface area contributed by atoms with Gasteiger partial charge in [-0.3, -0.25) is 4.98 Å². The molecular weight excluding hydrogens is 518 g/mol. The fourth-order valence-corrected chi connectivity index (χ4v) is 5.07. The number of hydrogen-bond donors (Lipinski definition) is 1. The van der Waals surface area contributed by atoms with Gasteiger partial charge in [-0.05, 0) is 84.5 Å². The molecule has 4 rings (SSSR count). The van der Waals surface area contributed by atoms with Crippen molar-refractivity contribution < 1.29 is 28.9 Å². The molecule has 0 spiro atoms.